The summed E-state index contributed by atoms with van der Waals surface area (Å²) in [5.41, 5.74) is 0.288. The number of aromatic nitrogens is 3. The van der Waals surface area contributed by atoms with E-state index in [9.17, 15) is 13.2 Å². The van der Waals surface area contributed by atoms with Gasteiger partial charge in [0, 0.05) is 6.20 Å². The van der Waals surface area contributed by atoms with Crippen LogP contribution in [0.2, 0.25) is 0 Å². The Bertz CT molecular complexity index is 454. The number of hydrogen-bond acceptors (Lipinski definition) is 4. The normalized spacial score (nSPS) is 10.9. The van der Waals surface area contributed by atoms with Crippen LogP contribution in [0.15, 0.2) is 22.7 Å². The summed E-state index contributed by atoms with van der Waals surface area (Å²) in [5, 5.41) is 6.50. The lowest BCUT2D eigenvalue weighted by Crippen LogP contribution is -1.83. The van der Waals surface area contributed by atoms with Crippen molar-refractivity contribution in [3.8, 4) is 11.5 Å². The van der Waals surface area contributed by atoms with E-state index in [4.69, 9.17) is 0 Å². The molecular weight excluding hydrogens is 211 g/mol. The molecule has 0 saturated carbocycles. The molecule has 0 unspecified atom stereocenters. The van der Waals surface area contributed by atoms with Crippen LogP contribution in [0.25, 0.3) is 11.5 Å². The van der Waals surface area contributed by atoms with Crippen LogP contribution in [0.5, 0.6) is 0 Å². The first-order chi connectivity index (χ1) is 7.16. The maximum Gasteiger partial charge on any atom is 0.314 e. The van der Waals surface area contributed by atoms with Gasteiger partial charge in [-0.2, -0.15) is 13.2 Å². The SMILES string of the molecule is Fc1ccc(-c2nnc(C(F)F)o2)cn1. The van der Waals surface area contributed by atoms with Crippen LogP contribution in [-0.2, 0) is 0 Å². The molecule has 2 aromatic rings. The molecule has 2 rings (SSSR count). The molecule has 0 spiro atoms. The zero-order chi connectivity index (χ0) is 10.8. The molecular formula is C8H4F3N3O. The average Bonchev–Trinajstić information content (AvgIpc) is 2.68. The van der Waals surface area contributed by atoms with Crippen LogP contribution in [0.3, 0.4) is 0 Å². The summed E-state index contributed by atoms with van der Waals surface area (Å²) in [4.78, 5) is 3.33. The first kappa shape index (κ1) is 9.63. The highest BCUT2D eigenvalue weighted by Crippen LogP contribution is 2.22. The minimum absolute atomic E-state index is 0.113. The summed E-state index contributed by atoms with van der Waals surface area (Å²) in [6, 6.07) is 2.38. The summed E-state index contributed by atoms with van der Waals surface area (Å²) < 4.78 is 41.3. The highest BCUT2D eigenvalue weighted by Gasteiger charge is 2.16. The van der Waals surface area contributed by atoms with Crippen molar-refractivity contribution in [1.29, 1.82) is 0 Å². The topological polar surface area (TPSA) is 51.8 Å². The third kappa shape index (κ3) is 1.95. The van der Waals surface area contributed by atoms with Gasteiger partial charge in [0.05, 0.1) is 5.56 Å². The Morgan fingerprint density at radius 1 is 1.20 bits per heavy atom. The van der Waals surface area contributed by atoms with Crippen LogP contribution in [0, 0.1) is 5.95 Å². The van der Waals surface area contributed by atoms with Crippen molar-refractivity contribution in [3.63, 3.8) is 0 Å². The van der Waals surface area contributed by atoms with E-state index in [1.165, 1.54) is 6.07 Å². The zero-order valence-corrected chi connectivity index (χ0v) is 7.19. The van der Waals surface area contributed by atoms with E-state index in [1.807, 2.05) is 0 Å². The monoisotopic (exact) mass is 215 g/mol. The molecule has 0 saturated heterocycles. The predicted molar refractivity (Wildman–Crippen MR) is 42.4 cm³/mol. The molecule has 0 aliphatic carbocycles. The maximum absolute atomic E-state index is 12.4. The molecule has 0 N–H and O–H groups in total. The van der Waals surface area contributed by atoms with Crippen molar-refractivity contribution < 1.29 is 17.6 Å². The van der Waals surface area contributed by atoms with Gasteiger partial charge in [-0.05, 0) is 12.1 Å². The molecule has 0 fully saturated rings. The molecule has 7 heteroatoms. The van der Waals surface area contributed by atoms with Gasteiger partial charge < -0.3 is 4.42 Å². The Balaban J connectivity index is 2.33. The summed E-state index contributed by atoms with van der Waals surface area (Å²) in [6.45, 7) is 0. The molecule has 0 amide bonds. The van der Waals surface area contributed by atoms with E-state index in [-0.39, 0.29) is 11.5 Å². The second-order valence-corrected chi connectivity index (χ2v) is 2.62. The lowest BCUT2D eigenvalue weighted by Gasteiger charge is -1.92. The van der Waals surface area contributed by atoms with Crippen molar-refractivity contribution in [3.05, 3.63) is 30.2 Å². The van der Waals surface area contributed by atoms with E-state index in [0.29, 0.717) is 0 Å². The largest absolute Gasteiger partial charge is 0.415 e. The number of alkyl halides is 2. The number of pyridine rings is 1. The Kier molecular flexibility index (Phi) is 2.36. The van der Waals surface area contributed by atoms with Crippen molar-refractivity contribution >= 4 is 0 Å². The van der Waals surface area contributed by atoms with E-state index < -0.39 is 18.3 Å². The standard InChI is InChI=1S/C8H4F3N3O/c9-5-2-1-4(3-12-5)7-13-14-8(15-7)6(10)11/h1-3,6H. The Morgan fingerprint density at radius 3 is 2.53 bits per heavy atom. The fraction of sp³-hybridized carbons (Fsp3) is 0.125. The van der Waals surface area contributed by atoms with Crippen LogP contribution in [0.1, 0.15) is 12.3 Å². The molecule has 0 radical (unpaired) electrons. The summed E-state index contributed by atoms with van der Waals surface area (Å²) in [5.74, 6) is -1.56. The zero-order valence-electron chi connectivity index (χ0n) is 7.19. The average molecular weight is 215 g/mol. The van der Waals surface area contributed by atoms with Crippen molar-refractivity contribution in [1.82, 2.24) is 15.2 Å². The summed E-state index contributed by atoms with van der Waals surface area (Å²) >= 11 is 0. The lowest BCUT2D eigenvalue weighted by molar-refractivity contribution is 0.116. The predicted octanol–water partition coefficient (Wildman–Crippen LogP) is 2.21. The fourth-order valence-corrected chi connectivity index (χ4v) is 0.942. The second-order valence-electron chi connectivity index (χ2n) is 2.62. The van der Waals surface area contributed by atoms with Gasteiger partial charge in [0.25, 0.3) is 5.89 Å². The van der Waals surface area contributed by atoms with Gasteiger partial charge in [-0.1, -0.05) is 0 Å². The summed E-state index contributed by atoms with van der Waals surface area (Å²) in [7, 11) is 0. The van der Waals surface area contributed by atoms with E-state index in [2.05, 4.69) is 19.6 Å². The van der Waals surface area contributed by atoms with Crippen LogP contribution >= 0.6 is 0 Å². The third-order valence-corrected chi connectivity index (χ3v) is 1.60. The minimum Gasteiger partial charge on any atom is -0.415 e. The molecule has 0 aromatic carbocycles. The molecule has 2 heterocycles. The van der Waals surface area contributed by atoms with Gasteiger partial charge >= 0.3 is 6.43 Å². The van der Waals surface area contributed by atoms with Crippen molar-refractivity contribution in [2.75, 3.05) is 0 Å². The van der Waals surface area contributed by atoms with Gasteiger partial charge in [0.15, 0.2) is 0 Å². The van der Waals surface area contributed by atoms with Gasteiger partial charge in [0.2, 0.25) is 11.8 Å². The van der Waals surface area contributed by atoms with E-state index >= 15 is 0 Å². The van der Waals surface area contributed by atoms with Gasteiger partial charge in [-0.3, -0.25) is 0 Å². The Hall–Kier alpha value is -1.92. The molecule has 15 heavy (non-hydrogen) atoms. The highest BCUT2D eigenvalue weighted by atomic mass is 19.3. The van der Waals surface area contributed by atoms with Gasteiger partial charge in [-0.15, -0.1) is 10.2 Å². The molecule has 0 aliphatic rings. The number of rotatable bonds is 2. The van der Waals surface area contributed by atoms with E-state index in [0.717, 1.165) is 12.3 Å². The molecule has 0 atom stereocenters. The molecule has 0 bridgehead atoms. The Morgan fingerprint density at radius 2 is 2.00 bits per heavy atom. The van der Waals surface area contributed by atoms with Gasteiger partial charge in [-0.25, -0.2) is 4.98 Å². The minimum atomic E-state index is -2.82. The lowest BCUT2D eigenvalue weighted by atomic mass is 10.3. The quantitative estimate of drug-likeness (QED) is 0.720. The molecule has 2 aromatic heterocycles. The molecule has 4 nitrogen and oxygen atoms in total. The molecule has 0 aliphatic heterocycles. The second kappa shape index (κ2) is 3.68. The number of nitrogens with zero attached hydrogens (tertiary/aromatic N) is 3. The summed E-state index contributed by atoms with van der Waals surface area (Å²) in [6.07, 6.45) is -1.70. The fourth-order valence-electron chi connectivity index (χ4n) is 0.942. The first-order valence-electron chi connectivity index (χ1n) is 3.90. The molecule has 78 valence electrons. The number of halogens is 3. The third-order valence-electron chi connectivity index (χ3n) is 1.60. The first-order valence-corrected chi connectivity index (χ1v) is 3.90. The number of hydrogen-bond donors (Lipinski definition) is 0. The van der Waals surface area contributed by atoms with Crippen LogP contribution in [0.4, 0.5) is 13.2 Å². The smallest absolute Gasteiger partial charge is 0.314 e. The van der Waals surface area contributed by atoms with Crippen LogP contribution < -0.4 is 0 Å². The van der Waals surface area contributed by atoms with Crippen molar-refractivity contribution in [2.45, 2.75) is 6.43 Å². The Labute approximate surface area is 81.8 Å². The highest BCUT2D eigenvalue weighted by molar-refractivity contribution is 5.50. The van der Waals surface area contributed by atoms with Crippen molar-refractivity contribution in [2.24, 2.45) is 0 Å². The maximum atomic E-state index is 12.4. The van der Waals surface area contributed by atoms with Crippen LogP contribution in [-0.4, -0.2) is 15.2 Å². The van der Waals surface area contributed by atoms with E-state index in [1.54, 1.807) is 0 Å². The van der Waals surface area contributed by atoms with Gasteiger partial charge in [0.1, 0.15) is 0 Å².